The van der Waals surface area contributed by atoms with Crippen molar-refractivity contribution in [1.29, 1.82) is 0 Å². The Morgan fingerprint density at radius 1 is 1.00 bits per heavy atom. The van der Waals surface area contributed by atoms with Gasteiger partial charge in [-0.1, -0.05) is 18.2 Å². The molecule has 1 amide bonds. The number of nitrogens with zero attached hydrogens (tertiary/aromatic N) is 1. The van der Waals surface area contributed by atoms with Crippen molar-refractivity contribution in [1.82, 2.24) is 5.32 Å². The van der Waals surface area contributed by atoms with Gasteiger partial charge in [-0.15, -0.1) is 0 Å². The van der Waals surface area contributed by atoms with Crippen molar-refractivity contribution >= 4 is 11.6 Å². The van der Waals surface area contributed by atoms with Crippen LogP contribution in [-0.4, -0.2) is 60.0 Å². The Hall–Kier alpha value is -2.93. The van der Waals surface area contributed by atoms with E-state index in [1.165, 1.54) is 10.6 Å². The molecule has 0 saturated carbocycles. The highest BCUT2D eigenvalue weighted by Gasteiger charge is 2.22. The van der Waals surface area contributed by atoms with E-state index >= 15 is 0 Å². The molecule has 0 bridgehead atoms. The van der Waals surface area contributed by atoms with E-state index in [0.29, 0.717) is 30.3 Å². The second-order valence-corrected chi connectivity index (χ2v) is 7.06. The standard InChI is InChI=1S/C22H29N3O4/c1-27-19-13-17(14-20(28-2)22(19)29-3)15-23-21(26)16-24-9-11-25(12-10-24)18-7-5-4-6-8-18/h4-8,13-14H,9-12,15-16H2,1-3H3,(H,23,26)/p+1. The first-order chi connectivity index (χ1) is 14.1. The van der Waals surface area contributed by atoms with Crippen molar-refractivity contribution < 1.29 is 23.9 Å². The minimum Gasteiger partial charge on any atom is -0.493 e. The predicted molar refractivity (Wildman–Crippen MR) is 112 cm³/mol. The van der Waals surface area contributed by atoms with Crippen molar-refractivity contribution in [3.8, 4) is 17.2 Å². The maximum atomic E-state index is 12.4. The van der Waals surface area contributed by atoms with Crippen LogP contribution in [0.4, 0.5) is 5.69 Å². The molecule has 7 nitrogen and oxygen atoms in total. The fourth-order valence-corrected chi connectivity index (χ4v) is 3.62. The van der Waals surface area contributed by atoms with Crippen LogP contribution in [0.25, 0.3) is 0 Å². The van der Waals surface area contributed by atoms with Gasteiger partial charge >= 0.3 is 0 Å². The van der Waals surface area contributed by atoms with Gasteiger partial charge in [0.15, 0.2) is 18.0 Å². The number of rotatable bonds is 8. The summed E-state index contributed by atoms with van der Waals surface area (Å²) >= 11 is 0. The number of carbonyl (C=O) groups is 1. The molecule has 2 aromatic carbocycles. The Bertz CT molecular complexity index is 780. The fourth-order valence-electron chi connectivity index (χ4n) is 3.62. The first kappa shape index (κ1) is 20.8. The molecule has 29 heavy (non-hydrogen) atoms. The van der Waals surface area contributed by atoms with E-state index in [1.807, 2.05) is 18.2 Å². The zero-order valence-electron chi connectivity index (χ0n) is 17.4. The van der Waals surface area contributed by atoms with E-state index in [0.717, 1.165) is 31.7 Å². The second-order valence-electron chi connectivity index (χ2n) is 7.06. The number of nitrogens with one attached hydrogen (secondary N) is 2. The van der Waals surface area contributed by atoms with E-state index in [2.05, 4.69) is 34.5 Å². The number of carbonyl (C=O) groups excluding carboxylic acids is 1. The number of hydrogen-bond donors (Lipinski definition) is 2. The molecule has 0 aromatic heterocycles. The molecule has 0 spiro atoms. The average molecular weight is 400 g/mol. The number of quaternary nitrogens is 1. The predicted octanol–water partition coefficient (Wildman–Crippen LogP) is 0.734. The first-order valence-electron chi connectivity index (χ1n) is 9.83. The monoisotopic (exact) mass is 400 g/mol. The minimum absolute atomic E-state index is 0.0434. The van der Waals surface area contributed by atoms with Crippen LogP contribution in [-0.2, 0) is 11.3 Å². The van der Waals surface area contributed by atoms with Crippen molar-refractivity contribution in [3.05, 3.63) is 48.0 Å². The highest BCUT2D eigenvalue weighted by atomic mass is 16.5. The third-order valence-corrected chi connectivity index (χ3v) is 5.22. The molecule has 0 aliphatic carbocycles. The molecule has 1 aliphatic heterocycles. The molecule has 1 heterocycles. The summed E-state index contributed by atoms with van der Waals surface area (Å²) in [5.74, 6) is 1.75. The van der Waals surface area contributed by atoms with Crippen molar-refractivity contribution in [2.75, 3.05) is 59.0 Å². The Morgan fingerprint density at radius 2 is 1.62 bits per heavy atom. The number of ether oxygens (including phenoxy) is 3. The molecular weight excluding hydrogens is 370 g/mol. The molecule has 1 saturated heterocycles. The molecule has 2 aromatic rings. The number of anilines is 1. The quantitative estimate of drug-likeness (QED) is 0.684. The molecule has 0 unspecified atom stereocenters. The molecular formula is C22H30N3O4+. The summed E-state index contributed by atoms with van der Waals surface area (Å²) in [5, 5.41) is 3.00. The summed E-state index contributed by atoms with van der Waals surface area (Å²) in [6.07, 6.45) is 0. The highest BCUT2D eigenvalue weighted by Crippen LogP contribution is 2.38. The smallest absolute Gasteiger partial charge is 0.275 e. The van der Waals surface area contributed by atoms with Gasteiger partial charge in [-0.3, -0.25) is 4.79 Å². The molecule has 3 rings (SSSR count). The van der Waals surface area contributed by atoms with Crippen LogP contribution >= 0.6 is 0 Å². The van der Waals surface area contributed by atoms with Crippen LogP contribution in [0.5, 0.6) is 17.2 Å². The normalized spacial score (nSPS) is 14.4. The molecule has 156 valence electrons. The van der Waals surface area contributed by atoms with Gasteiger partial charge in [0.25, 0.3) is 5.91 Å². The van der Waals surface area contributed by atoms with Crippen LogP contribution in [0.2, 0.25) is 0 Å². The molecule has 1 fully saturated rings. The van der Waals surface area contributed by atoms with Gasteiger partial charge in [-0.25, -0.2) is 0 Å². The lowest BCUT2D eigenvalue weighted by molar-refractivity contribution is -0.892. The van der Waals surface area contributed by atoms with Crippen molar-refractivity contribution in [2.24, 2.45) is 0 Å². The Morgan fingerprint density at radius 3 is 2.17 bits per heavy atom. The summed E-state index contributed by atoms with van der Waals surface area (Å²) in [7, 11) is 4.73. The van der Waals surface area contributed by atoms with Gasteiger partial charge in [0, 0.05) is 12.2 Å². The van der Waals surface area contributed by atoms with Gasteiger partial charge in [-0.2, -0.15) is 0 Å². The summed E-state index contributed by atoms with van der Waals surface area (Å²) in [5.41, 5.74) is 2.15. The van der Waals surface area contributed by atoms with Gasteiger partial charge in [-0.05, 0) is 29.8 Å². The molecule has 7 heteroatoms. The lowest BCUT2D eigenvalue weighted by Crippen LogP contribution is -3.15. The van der Waals surface area contributed by atoms with Crippen LogP contribution in [0.3, 0.4) is 0 Å². The van der Waals surface area contributed by atoms with Crippen LogP contribution in [0.1, 0.15) is 5.56 Å². The van der Waals surface area contributed by atoms with Crippen molar-refractivity contribution in [2.45, 2.75) is 6.54 Å². The van der Waals surface area contributed by atoms with E-state index in [1.54, 1.807) is 21.3 Å². The zero-order valence-corrected chi connectivity index (χ0v) is 17.4. The van der Waals surface area contributed by atoms with Gasteiger partial charge in [0.1, 0.15) is 0 Å². The number of hydrogen-bond acceptors (Lipinski definition) is 5. The molecule has 2 N–H and O–H groups in total. The summed E-state index contributed by atoms with van der Waals surface area (Å²) in [6, 6.07) is 14.1. The highest BCUT2D eigenvalue weighted by molar-refractivity contribution is 5.76. The number of amides is 1. The summed E-state index contributed by atoms with van der Waals surface area (Å²) < 4.78 is 16.1. The van der Waals surface area contributed by atoms with E-state index in [4.69, 9.17) is 14.2 Å². The number of methoxy groups -OCH3 is 3. The molecule has 0 radical (unpaired) electrons. The number of piperazine rings is 1. The number of para-hydroxylation sites is 1. The SMILES string of the molecule is COc1cc(CNC(=O)C[NH+]2CCN(c3ccccc3)CC2)cc(OC)c1OC. The average Bonchev–Trinajstić information content (AvgIpc) is 2.78. The van der Waals surface area contributed by atoms with Gasteiger partial charge in [0.05, 0.1) is 47.5 Å². The Kier molecular flexibility index (Phi) is 7.19. The maximum absolute atomic E-state index is 12.4. The lowest BCUT2D eigenvalue weighted by atomic mass is 10.1. The summed E-state index contributed by atoms with van der Waals surface area (Å²) in [6.45, 7) is 4.71. The topological polar surface area (TPSA) is 64.5 Å². The van der Waals surface area contributed by atoms with E-state index in [-0.39, 0.29) is 5.91 Å². The second kappa shape index (κ2) is 10.0. The van der Waals surface area contributed by atoms with Crippen LogP contribution < -0.4 is 29.3 Å². The maximum Gasteiger partial charge on any atom is 0.275 e. The largest absolute Gasteiger partial charge is 0.493 e. The van der Waals surface area contributed by atoms with Crippen molar-refractivity contribution in [3.63, 3.8) is 0 Å². The van der Waals surface area contributed by atoms with E-state index < -0.39 is 0 Å². The van der Waals surface area contributed by atoms with Gasteiger partial charge in [0.2, 0.25) is 5.75 Å². The third kappa shape index (κ3) is 5.32. The third-order valence-electron chi connectivity index (χ3n) is 5.22. The Balaban J connectivity index is 1.49. The fraction of sp³-hybridized carbons (Fsp3) is 0.409. The summed E-state index contributed by atoms with van der Waals surface area (Å²) in [4.78, 5) is 16.1. The van der Waals surface area contributed by atoms with Gasteiger partial charge < -0.3 is 29.3 Å². The molecule has 1 aliphatic rings. The minimum atomic E-state index is 0.0434. The first-order valence-corrected chi connectivity index (χ1v) is 9.83. The Labute approximate surface area is 172 Å². The van der Waals surface area contributed by atoms with E-state index in [9.17, 15) is 4.79 Å². The zero-order chi connectivity index (χ0) is 20.6. The lowest BCUT2D eigenvalue weighted by Gasteiger charge is -2.33. The van der Waals surface area contributed by atoms with Crippen LogP contribution in [0.15, 0.2) is 42.5 Å². The van der Waals surface area contributed by atoms with Crippen LogP contribution in [0, 0.1) is 0 Å². The number of benzene rings is 2. The molecule has 0 atom stereocenters.